The first-order valence-corrected chi connectivity index (χ1v) is 6.84. The molecule has 0 aromatic heterocycles. The maximum Gasteiger partial charge on any atom is 0.161 e. The van der Waals surface area contributed by atoms with Gasteiger partial charge < -0.3 is 9.47 Å². The van der Waals surface area contributed by atoms with Crippen LogP contribution in [0.1, 0.15) is 24.2 Å². The van der Waals surface area contributed by atoms with Crippen LogP contribution < -0.4 is 9.47 Å². The van der Waals surface area contributed by atoms with E-state index in [1.54, 1.807) is 12.1 Å². The van der Waals surface area contributed by atoms with Crippen molar-refractivity contribution in [2.75, 3.05) is 13.2 Å². The first kappa shape index (κ1) is 15.0. The van der Waals surface area contributed by atoms with E-state index in [0.717, 1.165) is 5.56 Å². The van der Waals surface area contributed by atoms with Crippen molar-refractivity contribution in [1.82, 2.24) is 0 Å². The lowest BCUT2D eigenvalue weighted by Crippen LogP contribution is -1.98. The summed E-state index contributed by atoms with van der Waals surface area (Å²) in [5, 5.41) is 0. The minimum atomic E-state index is -0.533. The molecule has 0 saturated heterocycles. The summed E-state index contributed by atoms with van der Waals surface area (Å²) in [7, 11) is 0. The Labute approximate surface area is 123 Å². The molecule has 2 aromatic carbocycles. The molecule has 2 rings (SSSR count). The molecule has 0 bridgehead atoms. The van der Waals surface area contributed by atoms with Gasteiger partial charge in [0.25, 0.3) is 0 Å². The van der Waals surface area contributed by atoms with E-state index in [1.807, 2.05) is 26.0 Å². The molecule has 0 N–H and O–H groups in total. The Balaban J connectivity index is 2.41. The SMILES string of the molecule is CCOc1ccc(-c2ccc(C=O)c(F)c2)cc1OCC. The molecule has 4 heteroatoms. The molecule has 0 fully saturated rings. The maximum atomic E-state index is 13.7. The summed E-state index contributed by atoms with van der Waals surface area (Å²) in [5.74, 6) is 0.749. The molecule has 0 atom stereocenters. The Morgan fingerprint density at radius 3 is 2.19 bits per heavy atom. The lowest BCUT2D eigenvalue weighted by atomic mass is 10.0. The molecule has 110 valence electrons. The van der Waals surface area contributed by atoms with Gasteiger partial charge >= 0.3 is 0 Å². The highest BCUT2D eigenvalue weighted by molar-refractivity contribution is 5.77. The van der Waals surface area contributed by atoms with Crippen molar-refractivity contribution >= 4 is 6.29 Å². The summed E-state index contributed by atoms with van der Waals surface area (Å²) in [5.41, 5.74) is 1.54. The van der Waals surface area contributed by atoms with Crippen LogP contribution in [-0.4, -0.2) is 19.5 Å². The van der Waals surface area contributed by atoms with E-state index < -0.39 is 5.82 Å². The summed E-state index contributed by atoms with van der Waals surface area (Å²) < 4.78 is 24.7. The summed E-state index contributed by atoms with van der Waals surface area (Å²) >= 11 is 0. The highest BCUT2D eigenvalue weighted by Gasteiger charge is 2.09. The molecule has 0 amide bonds. The minimum Gasteiger partial charge on any atom is -0.490 e. The second kappa shape index (κ2) is 6.88. The average molecular weight is 288 g/mol. The quantitative estimate of drug-likeness (QED) is 0.751. The number of carbonyl (C=O) groups is 1. The van der Waals surface area contributed by atoms with Crippen LogP contribution >= 0.6 is 0 Å². The van der Waals surface area contributed by atoms with Gasteiger partial charge in [0.2, 0.25) is 0 Å². The normalized spacial score (nSPS) is 10.2. The Morgan fingerprint density at radius 1 is 0.952 bits per heavy atom. The van der Waals surface area contributed by atoms with Crippen LogP contribution in [0.4, 0.5) is 4.39 Å². The van der Waals surface area contributed by atoms with E-state index in [2.05, 4.69) is 0 Å². The Morgan fingerprint density at radius 2 is 1.57 bits per heavy atom. The lowest BCUT2D eigenvalue weighted by molar-refractivity contribution is 0.112. The molecule has 0 aliphatic rings. The number of aldehydes is 1. The number of rotatable bonds is 6. The third-order valence-electron chi connectivity index (χ3n) is 3.00. The Hall–Kier alpha value is -2.36. The third kappa shape index (κ3) is 3.40. The van der Waals surface area contributed by atoms with Gasteiger partial charge in [-0.1, -0.05) is 12.1 Å². The van der Waals surface area contributed by atoms with Crippen molar-refractivity contribution in [3.8, 4) is 22.6 Å². The maximum absolute atomic E-state index is 13.7. The lowest BCUT2D eigenvalue weighted by Gasteiger charge is -2.12. The molecule has 21 heavy (non-hydrogen) atoms. The average Bonchev–Trinajstić information content (AvgIpc) is 2.49. The summed E-state index contributed by atoms with van der Waals surface area (Å²) in [6.07, 6.45) is 0.503. The van der Waals surface area contributed by atoms with Gasteiger partial charge in [0, 0.05) is 0 Å². The second-order valence-electron chi connectivity index (χ2n) is 4.38. The molecule has 0 radical (unpaired) electrons. The molecule has 0 aliphatic carbocycles. The van der Waals surface area contributed by atoms with Gasteiger partial charge in [-0.3, -0.25) is 4.79 Å². The summed E-state index contributed by atoms with van der Waals surface area (Å²) in [4.78, 5) is 10.7. The van der Waals surface area contributed by atoms with Crippen LogP contribution in [0.15, 0.2) is 36.4 Å². The van der Waals surface area contributed by atoms with Gasteiger partial charge in [-0.15, -0.1) is 0 Å². The number of benzene rings is 2. The highest BCUT2D eigenvalue weighted by atomic mass is 19.1. The topological polar surface area (TPSA) is 35.5 Å². The van der Waals surface area contributed by atoms with Gasteiger partial charge in [0.15, 0.2) is 17.8 Å². The van der Waals surface area contributed by atoms with Crippen molar-refractivity contribution in [1.29, 1.82) is 0 Å². The zero-order chi connectivity index (χ0) is 15.2. The van der Waals surface area contributed by atoms with E-state index in [4.69, 9.17) is 9.47 Å². The minimum absolute atomic E-state index is 0.0507. The highest BCUT2D eigenvalue weighted by Crippen LogP contribution is 2.33. The molecule has 3 nitrogen and oxygen atoms in total. The van der Waals surface area contributed by atoms with Crippen molar-refractivity contribution < 1.29 is 18.7 Å². The number of hydrogen-bond donors (Lipinski definition) is 0. The van der Waals surface area contributed by atoms with Crippen LogP contribution in [0.2, 0.25) is 0 Å². The van der Waals surface area contributed by atoms with E-state index in [-0.39, 0.29) is 5.56 Å². The van der Waals surface area contributed by atoms with Gasteiger partial charge in [-0.05, 0) is 49.2 Å². The third-order valence-corrected chi connectivity index (χ3v) is 3.00. The van der Waals surface area contributed by atoms with Crippen LogP contribution in [0.3, 0.4) is 0 Å². The first-order valence-electron chi connectivity index (χ1n) is 6.84. The number of halogens is 1. The Kier molecular flexibility index (Phi) is 4.93. The second-order valence-corrected chi connectivity index (χ2v) is 4.38. The fourth-order valence-electron chi connectivity index (χ4n) is 2.03. The van der Waals surface area contributed by atoms with E-state index in [9.17, 15) is 9.18 Å². The van der Waals surface area contributed by atoms with Crippen LogP contribution in [-0.2, 0) is 0 Å². The van der Waals surface area contributed by atoms with E-state index in [1.165, 1.54) is 12.1 Å². The van der Waals surface area contributed by atoms with E-state index in [0.29, 0.717) is 36.6 Å². The first-order chi connectivity index (χ1) is 10.2. The Bertz CT molecular complexity index is 638. The summed E-state index contributed by atoms with van der Waals surface area (Å²) in [6.45, 7) is 4.85. The molecule has 0 heterocycles. The standard InChI is InChI=1S/C17H17FO3/c1-3-20-16-8-7-13(10-17(16)21-4-2)12-5-6-14(11-19)15(18)9-12/h5-11H,3-4H2,1-2H3. The van der Waals surface area contributed by atoms with E-state index >= 15 is 0 Å². The van der Waals surface area contributed by atoms with Gasteiger partial charge in [-0.2, -0.15) is 0 Å². The zero-order valence-corrected chi connectivity index (χ0v) is 12.1. The van der Waals surface area contributed by atoms with Crippen molar-refractivity contribution in [3.05, 3.63) is 47.8 Å². The van der Waals surface area contributed by atoms with Crippen LogP contribution in [0.5, 0.6) is 11.5 Å². The van der Waals surface area contributed by atoms with Crippen LogP contribution in [0.25, 0.3) is 11.1 Å². The molecule has 0 aliphatic heterocycles. The monoisotopic (exact) mass is 288 g/mol. The molecule has 0 unspecified atom stereocenters. The molecular weight excluding hydrogens is 271 g/mol. The molecular formula is C17H17FO3. The van der Waals surface area contributed by atoms with Crippen molar-refractivity contribution in [3.63, 3.8) is 0 Å². The molecule has 2 aromatic rings. The largest absolute Gasteiger partial charge is 0.490 e. The van der Waals surface area contributed by atoms with Crippen molar-refractivity contribution in [2.24, 2.45) is 0 Å². The summed E-state index contributed by atoms with van der Waals surface area (Å²) in [6, 6.07) is 9.96. The van der Waals surface area contributed by atoms with Crippen molar-refractivity contribution in [2.45, 2.75) is 13.8 Å². The molecule has 0 saturated carbocycles. The van der Waals surface area contributed by atoms with Gasteiger partial charge in [-0.25, -0.2) is 4.39 Å². The fourth-order valence-corrected chi connectivity index (χ4v) is 2.03. The van der Waals surface area contributed by atoms with Gasteiger partial charge in [0.05, 0.1) is 18.8 Å². The number of carbonyl (C=O) groups excluding carboxylic acids is 1. The predicted molar refractivity (Wildman–Crippen MR) is 79.6 cm³/mol. The number of ether oxygens (including phenoxy) is 2. The number of hydrogen-bond acceptors (Lipinski definition) is 3. The predicted octanol–water partition coefficient (Wildman–Crippen LogP) is 4.10. The molecule has 0 spiro atoms. The smallest absolute Gasteiger partial charge is 0.161 e. The fraction of sp³-hybridized carbons (Fsp3) is 0.235. The van der Waals surface area contributed by atoms with Gasteiger partial charge in [0.1, 0.15) is 5.82 Å². The zero-order valence-electron chi connectivity index (χ0n) is 12.1. The van der Waals surface area contributed by atoms with Crippen LogP contribution in [0, 0.1) is 5.82 Å².